The second-order valence-corrected chi connectivity index (χ2v) is 4.74. The van der Waals surface area contributed by atoms with Gasteiger partial charge in [0, 0.05) is 31.7 Å². The Morgan fingerprint density at radius 3 is 2.90 bits per heavy atom. The van der Waals surface area contributed by atoms with Gasteiger partial charge in [-0.3, -0.25) is 10.1 Å². The summed E-state index contributed by atoms with van der Waals surface area (Å²) in [5.74, 6) is -0.421. The minimum absolute atomic E-state index is 0.0451. The van der Waals surface area contributed by atoms with Crippen molar-refractivity contribution in [1.82, 2.24) is 0 Å². The van der Waals surface area contributed by atoms with E-state index in [9.17, 15) is 14.9 Å². The number of nitrogens with zero attached hydrogens (tertiary/aromatic N) is 2. The molecule has 0 aromatic heterocycles. The van der Waals surface area contributed by atoms with E-state index in [2.05, 4.69) is 4.74 Å². The lowest BCUT2D eigenvalue weighted by atomic mass is 10.1. The molecule has 1 aromatic carbocycles. The van der Waals surface area contributed by atoms with E-state index in [1.165, 1.54) is 25.3 Å². The highest BCUT2D eigenvalue weighted by atomic mass is 16.6. The van der Waals surface area contributed by atoms with Crippen LogP contribution in [0.5, 0.6) is 0 Å². The fourth-order valence-corrected chi connectivity index (χ4v) is 2.38. The molecule has 0 spiro atoms. The van der Waals surface area contributed by atoms with Crippen molar-refractivity contribution in [2.24, 2.45) is 5.92 Å². The van der Waals surface area contributed by atoms with Crippen LogP contribution in [0.25, 0.3) is 0 Å². The average molecular weight is 280 g/mol. The third kappa shape index (κ3) is 2.72. The predicted octanol–water partition coefficient (Wildman–Crippen LogP) is 1.20. The number of nitro benzene ring substituents is 1. The molecule has 0 amide bonds. The van der Waals surface area contributed by atoms with Crippen molar-refractivity contribution in [3.8, 4) is 0 Å². The largest absolute Gasteiger partial charge is 0.465 e. The number of anilines is 1. The van der Waals surface area contributed by atoms with Gasteiger partial charge in [0.25, 0.3) is 5.69 Å². The lowest BCUT2D eigenvalue weighted by Gasteiger charge is -2.18. The summed E-state index contributed by atoms with van der Waals surface area (Å²) in [6.45, 7) is 1.22. The lowest BCUT2D eigenvalue weighted by Crippen LogP contribution is -2.22. The summed E-state index contributed by atoms with van der Waals surface area (Å²) in [5.41, 5.74) is 0.630. The van der Waals surface area contributed by atoms with Crippen molar-refractivity contribution in [3.63, 3.8) is 0 Å². The van der Waals surface area contributed by atoms with E-state index in [1.54, 1.807) is 0 Å². The minimum atomic E-state index is -0.529. The first kappa shape index (κ1) is 14.3. The first-order valence-corrected chi connectivity index (χ1v) is 6.29. The van der Waals surface area contributed by atoms with E-state index in [0.29, 0.717) is 18.8 Å². The molecule has 1 fully saturated rings. The molecule has 2 rings (SSSR count). The van der Waals surface area contributed by atoms with Crippen LogP contribution in [-0.2, 0) is 4.74 Å². The highest BCUT2D eigenvalue weighted by molar-refractivity contribution is 5.91. The van der Waals surface area contributed by atoms with Crippen LogP contribution < -0.4 is 4.90 Å². The van der Waals surface area contributed by atoms with E-state index in [1.807, 2.05) is 4.90 Å². The molecular formula is C13H16N2O5. The molecule has 1 aliphatic rings. The molecule has 20 heavy (non-hydrogen) atoms. The molecule has 108 valence electrons. The lowest BCUT2D eigenvalue weighted by molar-refractivity contribution is -0.384. The summed E-state index contributed by atoms with van der Waals surface area (Å²) < 4.78 is 4.63. The van der Waals surface area contributed by atoms with Crippen LogP contribution in [0.3, 0.4) is 0 Å². The molecule has 7 heteroatoms. The molecule has 1 unspecified atom stereocenters. The normalized spacial score (nSPS) is 18.1. The fourth-order valence-electron chi connectivity index (χ4n) is 2.38. The van der Waals surface area contributed by atoms with Crippen molar-refractivity contribution in [3.05, 3.63) is 33.9 Å². The number of hydrogen-bond acceptors (Lipinski definition) is 6. The average Bonchev–Trinajstić information content (AvgIpc) is 2.94. The van der Waals surface area contributed by atoms with Gasteiger partial charge in [-0.05, 0) is 18.6 Å². The van der Waals surface area contributed by atoms with Crippen LogP contribution >= 0.6 is 0 Å². The number of benzene rings is 1. The van der Waals surface area contributed by atoms with Gasteiger partial charge in [-0.2, -0.15) is 0 Å². The van der Waals surface area contributed by atoms with Crippen molar-refractivity contribution in [2.45, 2.75) is 6.42 Å². The maximum absolute atomic E-state index is 11.5. The highest BCUT2D eigenvalue weighted by Crippen LogP contribution is 2.33. The van der Waals surface area contributed by atoms with Gasteiger partial charge in [0.15, 0.2) is 0 Å². The fraction of sp³-hybridized carbons (Fsp3) is 0.462. The van der Waals surface area contributed by atoms with E-state index < -0.39 is 10.9 Å². The summed E-state index contributed by atoms with van der Waals surface area (Å²) in [6.07, 6.45) is 0.774. The highest BCUT2D eigenvalue weighted by Gasteiger charge is 2.28. The van der Waals surface area contributed by atoms with Gasteiger partial charge in [0.05, 0.1) is 17.6 Å². The van der Waals surface area contributed by atoms with Gasteiger partial charge < -0.3 is 14.7 Å². The molecular weight excluding hydrogens is 264 g/mol. The molecule has 7 nitrogen and oxygen atoms in total. The number of methoxy groups -OCH3 is 1. The number of esters is 1. The number of rotatable bonds is 4. The summed E-state index contributed by atoms with van der Waals surface area (Å²) >= 11 is 0. The summed E-state index contributed by atoms with van der Waals surface area (Å²) in [7, 11) is 1.26. The SMILES string of the molecule is COC(=O)c1ccc([N+](=O)[O-])c(N2CCC(CO)C2)c1. The van der Waals surface area contributed by atoms with Crippen LogP contribution in [0.4, 0.5) is 11.4 Å². The van der Waals surface area contributed by atoms with E-state index in [4.69, 9.17) is 5.11 Å². The molecule has 0 aliphatic carbocycles. The van der Waals surface area contributed by atoms with Gasteiger partial charge in [-0.1, -0.05) is 0 Å². The monoisotopic (exact) mass is 280 g/mol. The van der Waals surface area contributed by atoms with Gasteiger partial charge in [-0.25, -0.2) is 4.79 Å². The number of ether oxygens (including phenoxy) is 1. The van der Waals surface area contributed by atoms with Crippen LogP contribution in [0.2, 0.25) is 0 Å². The van der Waals surface area contributed by atoms with Crippen molar-refractivity contribution in [1.29, 1.82) is 0 Å². The van der Waals surface area contributed by atoms with Crippen molar-refractivity contribution in [2.75, 3.05) is 31.7 Å². The Hall–Kier alpha value is -2.15. The topological polar surface area (TPSA) is 92.9 Å². The van der Waals surface area contributed by atoms with Crippen LogP contribution in [0, 0.1) is 16.0 Å². The Labute approximate surface area is 115 Å². The summed E-state index contributed by atoms with van der Waals surface area (Å²) in [5, 5.41) is 20.2. The number of hydrogen-bond donors (Lipinski definition) is 1. The maximum Gasteiger partial charge on any atom is 0.337 e. The smallest absolute Gasteiger partial charge is 0.337 e. The number of aliphatic hydroxyl groups is 1. The van der Waals surface area contributed by atoms with E-state index in [0.717, 1.165) is 6.42 Å². The second-order valence-electron chi connectivity index (χ2n) is 4.74. The Morgan fingerprint density at radius 1 is 1.60 bits per heavy atom. The molecule has 1 N–H and O–H groups in total. The van der Waals surface area contributed by atoms with Crippen molar-refractivity contribution < 1.29 is 19.6 Å². The summed E-state index contributed by atoms with van der Waals surface area (Å²) in [6, 6.07) is 4.17. The Kier molecular flexibility index (Phi) is 4.19. The number of carbonyl (C=O) groups is 1. The number of carbonyl (C=O) groups excluding carboxylic acids is 1. The molecule has 1 atom stereocenters. The van der Waals surface area contributed by atoms with Gasteiger partial charge in [0.1, 0.15) is 5.69 Å². The van der Waals surface area contributed by atoms with Crippen LogP contribution in [-0.4, -0.2) is 42.8 Å². The van der Waals surface area contributed by atoms with Gasteiger partial charge in [-0.15, -0.1) is 0 Å². The maximum atomic E-state index is 11.5. The molecule has 1 aromatic rings. The van der Waals surface area contributed by atoms with E-state index >= 15 is 0 Å². The number of aliphatic hydroxyl groups excluding tert-OH is 1. The van der Waals surface area contributed by atoms with Crippen LogP contribution in [0.15, 0.2) is 18.2 Å². The zero-order chi connectivity index (χ0) is 14.7. The first-order chi connectivity index (χ1) is 9.56. The molecule has 1 saturated heterocycles. The quantitative estimate of drug-likeness (QED) is 0.506. The third-order valence-corrected chi connectivity index (χ3v) is 3.48. The molecule has 1 heterocycles. The zero-order valence-corrected chi connectivity index (χ0v) is 11.1. The van der Waals surface area contributed by atoms with Gasteiger partial charge >= 0.3 is 5.97 Å². The molecule has 0 bridgehead atoms. The third-order valence-electron chi connectivity index (χ3n) is 3.48. The van der Waals surface area contributed by atoms with E-state index in [-0.39, 0.29) is 23.8 Å². The standard InChI is InChI=1S/C13H16N2O5/c1-20-13(17)10-2-3-11(15(18)19)12(6-10)14-5-4-9(7-14)8-16/h2-3,6,9,16H,4-5,7-8H2,1H3. The molecule has 1 aliphatic heterocycles. The van der Waals surface area contributed by atoms with Crippen molar-refractivity contribution >= 4 is 17.3 Å². The minimum Gasteiger partial charge on any atom is -0.465 e. The Bertz CT molecular complexity index is 531. The number of nitro groups is 1. The zero-order valence-electron chi connectivity index (χ0n) is 11.1. The van der Waals surface area contributed by atoms with Crippen LogP contribution in [0.1, 0.15) is 16.8 Å². The summed E-state index contributed by atoms with van der Waals surface area (Å²) in [4.78, 5) is 24.0. The molecule has 0 radical (unpaired) electrons. The first-order valence-electron chi connectivity index (χ1n) is 6.29. The Balaban J connectivity index is 2.37. The van der Waals surface area contributed by atoms with Gasteiger partial charge in [0.2, 0.25) is 0 Å². The molecule has 0 saturated carbocycles. The second kappa shape index (κ2) is 5.87. The predicted molar refractivity (Wildman–Crippen MR) is 71.8 cm³/mol. The Morgan fingerprint density at radius 2 is 2.35 bits per heavy atom.